The molecule has 0 amide bonds. The molecule has 1 fully saturated rings. The van der Waals surface area contributed by atoms with Gasteiger partial charge in [0.25, 0.3) is 0 Å². The predicted molar refractivity (Wildman–Crippen MR) is 139 cm³/mol. The lowest BCUT2D eigenvalue weighted by molar-refractivity contribution is -0.273. The molecule has 8 N–H and O–H groups in total. The Bertz CT molecular complexity index is 1580. The van der Waals surface area contributed by atoms with E-state index in [1.807, 2.05) is 0 Å². The molecular formula is C27H28O15. The first kappa shape index (κ1) is 30.4. The van der Waals surface area contributed by atoms with Crippen LogP contribution in [0.25, 0.3) is 22.3 Å². The molecule has 1 aromatic heterocycles. The normalized spacial score (nSPS) is 23.7. The van der Waals surface area contributed by atoms with Gasteiger partial charge in [0.05, 0.1) is 24.5 Å². The van der Waals surface area contributed by atoms with Gasteiger partial charge in [0.2, 0.25) is 17.5 Å². The van der Waals surface area contributed by atoms with Crippen molar-refractivity contribution in [1.29, 1.82) is 0 Å². The van der Waals surface area contributed by atoms with Crippen molar-refractivity contribution in [2.75, 3.05) is 0 Å². The number of fused-ring (bicyclic) bond motifs is 1. The van der Waals surface area contributed by atoms with E-state index in [4.69, 9.17) is 23.7 Å². The van der Waals surface area contributed by atoms with E-state index in [2.05, 4.69) is 0 Å². The number of carboxylic acid groups (broad SMARTS) is 1. The first-order valence-corrected chi connectivity index (χ1v) is 12.4. The van der Waals surface area contributed by atoms with E-state index in [0.29, 0.717) is 0 Å². The van der Waals surface area contributed by atoms with E-state index in [1.165, 1.54) is 13.0 Å². The van der Waals surface area contributed by atoms with E-state index in [9.17, 15) is 50.1 Å². The number of aromatic hydroxyl groups is 4. The first-order chi connectivity index (χ1) is 19.6. The van der Waals surface area contributed by atoms with E-state index in [1.54, 1.807) is 0 Å². The maximum atomic E-state index is 13.5. The van der Waals surface area contributed by atoms with Crippen LogP contribution >= 0.6 is 0 Å². The van der Waals surface area contributed by atoms with Crippen molar-refractivity contribution in [2.45, 2.75) is 63.0 Å². The maximum Gasteiger partial charge on any atom is 0.309 e. The van der Waals surface area contributed by atoms with Gasteiger partial charge in [-0.3, -0.25) is 14.4 Å². The fraction of sp³-hybridized carbons (Fsp3) is 0.370. The van der Waals surface area contributed by atoms with Gasteiger partial charge >= 0.3 is 11.9 Å². The molecule has 0 aliphatic carbocycles. The summed E-state index contributed by atoms with van der Waals surface area (Å²) < 4.78 is 22.1. The molecule has 3 aromatic rings. The highest BCUT2D eigenvalue weighted by molar-refractivity contribution is 5.88. The number of carbonyl (C=O) groups excluding carboxylic acids is 1. The third-order valence-electron chi connectivity index (χ3n) is 6.49. The van der Waals surface area contributed by atoms with Crippen molar-refractivity contribution >= 4 is 22.9 Å². The van der Waals surface area contributed by atoms with E-state index >= 15 is 0 Å². The molecule has 2 aromatic carbocycles. The summed E-state index contributed by atoms with van der Waals surface area (Å²) >= 11 is 0. The highest BCUT2D eigenvalue weighted by Crippen LogP contribution is 2.39. The van der Waals surface area contributed by atoms with Gasteiger partial charge in [-0.05, 0) is 32.0 Å². The highest BCUT2D eigenvalue weighted by atomic mass is 16.7. The number of phenols is 4. The number of phenolic OH excluding ortho intramolecular Hbond substituents is 4. The molecular weight excluding hydrogens is 564 g/mol. The van der Waals surface area contributed by atoms with Crippen LogP contribution in [0.3, 0.4) is 0 Å². The molecule has 6 atom stereocenters. The summed E-state index contributed by atoms with van der Waals surface area (Å²) in [5.74, 6) is -5.68. The molecule has 15 nitrogen and oxygen atoms in total. The summed E-state index contributed by atoms with van der Waals surface area (Å²) in [6, 6.07) is 5.27. The number of benzene rings is 2. The largest absolute Gasteiger partial charge is 0.508 e. The van der Waals surface area contributed by atoms with Crippen molar-refractivity contribution in [3.63, 3.8) is 0 Å². The number of hydrogen-bond donors (Lipinski definition) is 8. The molecule has 0 spiro atoms. The van der Waals surface area contributed by atoms with Crippen LogP contribution in [0.4, 0.5) is 0 Å². The molecule has 226 valence electrons. The number of esters is 1. The summed E-state index contributed by atoms with van der Waals surface area (Å²) in [6.45, 7) is 2.45. The Hall–Kier alpha value is -4.57. The monoisotopic (exact) mass is 592 g/mol. The zero-order chi connectivity index (χ0) is 31.1. The van der Waals surface area contributed by atoms with Crippen LogP contribution in [-0.2, 0) is 19.1 Å². The van der Waals surface area contributed by atoms with Crippen molar-refractivity contribution < 1.29 is 69.1 Å². The predicted octanol–water partition coefficient (Wildman–Crippen LogP) is 0.655. The second-order valence-corrected chi connectivity index (χ2v) is 10.1. The van der Waals surface area contributed by atoms with Crippen LogP contribution in [0.2, 0.25) is 0 Å². The number of aliphatic hydroxyl groups is 3. The first-order valence-electron chi connectivity index (χ1n) is 12.4. The number of ether oxygens (including phenoxy) is 3. The van der Waals surface area contributed by atoms with Gasteiger partial charge in [0.1, 0.15) is 34.7 Å². The van der Waals surface area contributed by atoms with Crippen LogP contribution < -0.4 is 10.2 Å². The molecule has 1 aliphatic rings. The molecule has 4 rings (SSSR count). The number of hydrogen-bond acceptors (Lipinski definition) is 14. The van der Waals surface area contributed by atoms with Crippen molar-refractivity contribution in [3.8, 4) is 40.1 Å². The van der Waals surface area contributed by atoms with Crippen LogP contribution in [0.15, 0.2) is 39.5 Å². The summed E-state index contributed by atoms with van der Waals surface area (Å²) in [4.78, 5) is 36.8. The maximum absolute atomic E-state index is 13.5. The minimum Gasteiger partial charge on any atom is -0.508 e. The average molecular weight is 593 g/mol. The molecule has 1 saturated heterocycles. The van der Waals surface area contributed by atoms with Crippen LogP contribution in [0.5, 0.6) is 28.7 Å². The average Bonchev–Trinajstić information content (AvgIpc) is 2.86. The molecule has 0 radical (unpaired) electrons. The number of aliphatic carboxylic acids is 1. The third kappa shape index (κ3) is 6.18. The molecule has 15 heteroatoms. The second-order valence-electron chi connectivity index (χ2n) is 10.1. The second kappa shape index (κ2) is 11.4. The van der Waals surface area contributed by atoms with Crippen LogP contribution in [0.1, 0.15) is 26.7 Å². The lowest BCUT2D eigenvalue weighted by atomic mass is 9.97. The molecule has 0 bridgehead atoms. The van der Waals surface area contributed by atoms with Crippen molar-refractivity contribution in [1.82, 2.24) is 0 Å². The standard InChI is InChI=1S/C27H28O15/c1-10-23(41-18(34)9-27(2,38)8-17(32)33)21(36)22(37)26(39-10)42-25-20(35)19-15(31)6-12(28)7-16(19)40-24(25)11-3-4-13(29)14(30)5-11/h3-7,10,21-23,26,28-31,36-38H,8-9H2,1-2H3,(H,32,33)/t10-,21-,22+,23-,26-,27-/m0/s1. The van der Waals surface area contributed by atoms with E-state index < -0.39 is 101 Å². The smallest absolute Gasteiger partial charge is 0.309 e. The Morgan fingerprint density at radius 1 is 0.976 bits per heavy atom. The Kier molecular flexibility index (Phi) is 8.22. The molecule has 0 unspecified atom stereocenters. The summed E-state index contributed by atoms with van der Waals surface area (Å²) in [6.07, 6.45) is -9.78. The van der Waals surface area contributed by atoms with Crippen molar-refractivity contribution in [3.05, 3.63) is 40.6 Å². The van der Waals surface area contributed by atoms with Gasteiger partial charge in [-0.15, -0.1) is 0 Å². The van der Waals surface area contributed by atoms with Gasteiger partial charge < -0.3 is 59.5 Å². The number of carbonyl (C=O) groups is 2. The Morgan fingerprint density at radius 2 is 1.67 bits per heavy atom. The Morgan fingerprint density at radius 3 is 2.31 bits per heavy atom. The molecule has 42 heavy (non-hydrogen) atoms. The van der Waals surface area contributed by atoms with Gasteiger partial charge in [-0.25, -0.2) is 0 Å². The van der Waals surface area contributed by atoms with Gasteiger partial charge in [0.15, 0.2) is 23.4 Å². The van der Waals surface area contributed by atoms with Gasteiger partial charge in [-0.1, -0.05) is 0 Å². The lowest BCUT2D eigenvalue weighted by Crippen LogP contribution is -2.59. The zero-order valence-corrected chi connectivity index (χ0v) is 22.1. The van der Waals surface area contributed by atoms with Crippen LogP contribution in [0, 0.1) is 0 Å². The Labute approximate surface area is 236 Å². The zero-order valence-electron chi connectivity index (χ0n) is 22.1. The topological polar surface area (TPSA) is 254 Å². The quantitative estimate of drug-likeness (QED) is 0.132. The van der Waals surface area contributed by atoms with Crippen LogP contribution in [-0.4, -0.2) is 89.1 Å². The Balaban J connectivity index is 1.66. The molecule has 0 saturated carbocycles. The van der Waals surface area contributed by atoms with E-state index in [0.717, 1.165) is 31.2 Å². The number of aliphatic hydroxyl groups excluding tert-OH is 2. The number of rotatable bonds is 8. The fourth-order valence-electron chi connectivity index (χ4n) is 4.50. The molecule has 1 aliphatic heterocycles. The summed E-state index contributed by atoms with van der Waals surface area (Å²) in [5, 5.41) is 80.0. The number of carboxylic acids is 1. The minimum atomic E-state index is -1.96. The summed E-state index contributed by atoms with van der Waals surface area (Å²) in [5.41, 5.74) is -3.25. The highest BCUT2D eigenvalue weighted by Gasteiger charge is 2.47. The van der Waals surface area contributed by atoms with Gasteiger partial charge in [-0.2, -0.15) is 0 Å². The lowest BCUT2D eigenvalue weighted by Gasteiger charge is -2.40. The SMILES string of the molecule is C[C@@H]1O[C@@H](Oc2c(-c3ccc(O)c(O)c3)oc3cc(O)cc(O)c3c2=O)[C@H](O)[C@H](O)[C@H]1OC(=O)C[C@@](C)(O)CC(=O)O. The molecule has 2 heterocycles. The van der Waals surface area contributed by atoms with Crippen molar-refractivity contribution in [2.24, 2.45) is 0 Å². The third-order valence-corrected chi connectivity index (χ3v) is 6.49. The van der Waals surface area contributed by atoms with E-state index in [-0.39, 0.29) is 16.9 Å². The summed E-state index contributed by atoms with van der Waals surface area (Å²) in [7, 11) is 0. The fourth-order valence-corrected chi connectivity index (χ4v) is 4.50. The minimum absolute atomic E-state index is 0.0127. The van der Waals surface area contributed by atoms with Gasteiger partial charge in [0, 0.05) is 17.7 Å².